The zero-order valence-corrected chi connectivity index (χ0v) is 13.3. The molecule has 0 spiro atoms. The van der Waals surface area contributed by atoms with E-state index in [0.29, 0.717) is 6.54 Å². The summed E-state index contributed by atoms with van der Waals surface area (Å²) >= 11 is 0. The lowest BCUT2D eigenvalue weighted by Gasteiger charge is -2.38. The van der Waals surface area contributed by atoms with Crippen molar-refractivity contribution in [3.05, 3.63) is 57.3 Å². The molecular weight excluding hydrogens is 280 g/mol. The van der Waals surface area contributed by atoms with E-state index < -0.39 is 0 Å². The molecule has 1 atom stereocenters. The monoisotopic (exact) mass is 300 g/mol. The molecule has 1 fully saturated rings. The Hall–Kier alpha value is -2.30. The molecule has 2 aliphatic heterocycles. The second-order valence-corrected chi connectivity index (χ2v) is 6.25. The summed E-state index contributed by atoms with van der Waals surface area (Å²) in [5.41, 5.74) is 3.23. The minimum Gasteiger partial charge on any atom is -0.469 e. The number of allylic oxidation sites excluding steroid dienone is 3. The highest BCUT2D eigenvalue weighted by atomic mass is 16.6. The molecule has 0 amide bonds. The van der Waals surface area contributed by atoms with Crippen LogP contribution in [0.3, 0.4) is 0 Å². The van der Waals surface area contributed by atoms with Crippen LogP contribution >= 0.6 is 0 Å². The van der Waals surface area contributed by atoms with Gasteiger partial charge in [-0.3, -0.25) is 10.1 Å². The molecule has 1 aromatic rings. The molecular formula is C17H20N2O3. The topological polar surface area (TPSA) is 55.6 Å². The van der Waals surface area contributed by atoms with Crippen molar-refractivity contribution in [2.24, 2.45) is 5.41 Å². The van der Waals surface area contributed by atoms with Crippen LogP contribution in [0, 0.1) is 15.5 Å². The number of nitro benzene ring substituents is 1. The fourth-order valence-corrected chi connectivity index (χ4v) is 3.58. The summed E-state index contributed by atoms with van der Waals surface area (Å²) in [6.45, 7) is 9.03. The van der Waals surface area contributed by atoms with Crippen molar-refractivity contribution < 1.29 is 9.66 Å². The van der Waals surface area contributed by atoms with Crippen LogP contribution in [-0.2, 0) is 6.54 Å². The molecule has 0 saturated carbocycles. The van der Waals surface area contributed by atoms with Gasteiger partial charge in [-0.15, -0.1) is 0 Å². The Balaban J connectivity index is 2.07. The first kappa shape index (κ1) is 14.6. The summed E-state index contributed by atoms with van der Waals surface area (Å²) in [6.07, 6.45) is 4.13. The number of fused-ring (bicyclic) bond motifs is 2. The average Bonchev–Trinajstić information content (AvgIpc) is 2.70. The van der Waals surface area contributed by atoms with Crippen molar-refractivity contribution in [2.75, 3.05) is 0 Å². The van der Waals surface area contributed by atoms with E-state index in [0.717, 1.165) is 17.0 Å². The summed E-state index contributed by atoms with van der Waals surface area (Å²) in [6, 6.07) is 4.83. The van der Waals surface area contributed by atoms with Crippen LogP contribution in [0.25, 0.3) is 0 Å². The molecule has 116 valence electrons. The van der Waals surface area contributed by atoms with Crippen LogP contribution < -0.4 is 4.74 Å². The second kappa shape index (κ2) is 4.87. The SMILES string of the molecule is CC=C1/C(=C\C)N2Cc3cc([N+](=O)[O-])ccc3OC2C1(C)C. The van der Waals surface area contributed by atoms with Gasteiger partial charge in [0.1, 0.15) is 5.75 Å². The fraction of sp³-hybridized carbons (Fsp3) is 0.412. The van der Waals surface area contributed by atoms with Gasteiger partial charge in [0, 0.05) is 28.8 Å². The molecule has 2 heterocycles. The van der Waals surface area contributed by atoms with Gasteiger partial charge in [0.25, 0.3) is 5.69 Å². The number of benzene rings is 1. The van der Waals surface area contributed by atoms with E-state index in [9.17, 15) is 10.1 Å². The quantitative estimate of drug-likeness (QED) is 0.581. The van der Waals surface area contributed by atoms with Gasteiger partial charge in [-0.25, -0.2) is 0 Å². The maximum Gasteiger partial charge on any atom is 0.270 e. The number of ether oxygens (including phenoxy) is 1. The van der Waals surface area contributed by atoms with Crippen LogP contribution in [0.5, 0.6) is 5.75 Å². The molecule has 0 N–H and O–H groups in total. The van der Waals surface area contributed by atoms with Crippen LogP contribution in [-0.4, -0.2) is 16.1 Å². The standard InChI is InChI=1S/C17H20N2O3/c1-5-13-14(6-2)18-10-11-9-12(19(20)21)7-8-15(11)22-16(18)17(13,3)4/h5-9,16H,10H2,1-4H3/b13-5?,14-6+. The summed E-state index contributed by atoms with van der Waals surface area (Å²) in [5.74, 6) is 0.743. The number of nitrogens with zero attached hydrogens (tertiary/aromatic N) is 2. The third kappa shape index (κ3) is 1.92. The normalized spacial score (nSPS) is 25.8. The smallest absolute Gasteiger partial charge is 0.270 e. The third-order valence-electron chi connectivity index (χ3n) is 4.58. The van der Waals surface area contributed by atoms with Gasteiger partial charge in [-0.05, 0) is 25.5 Å². The van der Waals surface area contributed by atoms with E-state index in [2.05, 4.69) is 30.9 Å². The Morgan fingerprint density at radius 3 is 2.68 bits per heavy atom. The van der Waals surface area contributed by atoms with Crippen molar-refractivity contribution in [1.29, 1.82) is 0 Å². The highest BCUT2D eigenvalue weighted by Gasteiger charge is 2.50. The maximum atomic E-state index is 11.0. The second-order valence-electron chi connectivity index (χ2n) is 6.25. The molecule has 0 aromatic heterocycles. The Labute approximate surface area is 130 Å². The molecule has 1 unspecified atom stereocenters. The third-order valence-corrected chi connectivity index (χ3v) is 4.58. The molecule has 3 rings (SSSR count). The molecule has 1 aromatic carbocycles. The van der Waals surface area contributed by atoms with E-state index in [-0.39, 0.29) is 22.3 Å². The molecule has 1 saturated heterocycles. The Morgan fingerprint density at radius 2 is 2.09 bits per heavy atom. The average molecular weight is 300 g/mol. The number of hydrogen-bond donors (Lipinski definition) is 0. The summed E-state index contributed by atoms with van der Waals surface area (Å²) < 4.78 is 6.19. The summed E-state index contributed by atoms with van der Waals surface area (Å²) in [5, 5.41) is 11.0. The van der Waals surface area contributed by atoms with Crippen LogP contribution in [0.2, 0.25) is 0 Å². The minimum atomic E-state index is -0.367. The molecule has 0 aliphatic carbocycles. The van der Waals surface area contributed by atoms with E-state index >= 15 is 0 Å². The first-order valence-corrected chi connectivity index (χ1v) is 7.44. The van der Waals surface area contributed by atoms with Gasteiger partial charge in [-0.2, -0.15) is 0 Å². The van der Waals surface area contributed by atoms with E-state index in [1.165, 1.54) is 11.6 Å². The zero-order chi connectivity index (χ0) is 16.1. The number of nitro groups is 1. The van der Waals surface area contributed by atoms with Crippen LogP contribution in [0.15, 0.2) is 41.6 Å². The number of hydrogen-bond acceptors (Lipinski definition) is 4. The lowest BCUT2D eigenvalue weighted by Crippen LogP contribution is -2.43. The van der Waals surface area contributed by atoms with Gasteiger partial charge in [0.15, 0.2) is 6.23 Å². The maximum absolute atomic E-state index is 11.0. The lowest BCUT2D eigenvalue weighted by molar-refractivity contribution is -0.385. The Morgan fingerprint density at radius 1 is 1.36 bits per heavy atom. The molecule has 2 aliphatic rings. The van der Waals surface area contributed by atoms with Crippen molar-refractivity contribution in [3.8, 4) is 5.75 Å². The fourth-order valence-electron chi connectivity index (χ4n) is 3.58. The molecule has 5 nitrogen and oxygen atoms in total. The first-order chi connectivity index (χ1) is 10.4. The molecule has 22 heavy (non-hydrogen) atoms. The Bertz CT molecular complexity index is 704. The van der Waals surface area contributed by atoms with Crippen molar-refractivity contribution in [2.45, 2.75) is 40.5 Å². The predicted octanol–water partition coefficient (Wildman–Crippen LogP) is 4.01. The lowest BCUT2D eigenvalue weighted by atomic mass is 9.84. The van der Waals surface area contributed by atoms with E-state index in [4.69, 9.17) is 4.74 Å². The predicted molar refractivity (Wildman–Crippen MR) is 84.4 cm³/mol. The van der Waals surface area contributed by atoms with Crippen molar-refractivity contribution in [3.63, 3.8) is 0 Å². The molecule has 0 bridgehead atoms. The minimum absolute atomic E-state index is 0.0844. The van der Waals surface area contributed by atoms with E-state index in [1.807, 2.05) is 13.8 Å². The number of non-ortho nitro benzene ring substituents is 1. The zero-order valence-electron chi connectivity index (χ0n) is 13.3. The van der Waals surface area contributed by atoms with Crippen molar-refractivity contribution in [1.82, 2.24) is 4.90 Å². The van der Waals surface area contributed by atoms with E-state index in [1.54, 1.807) is 12.1 Å². The highest BCUT2D eigenvalue weighted by molar-refractivity contribution is 5.49. The van der Waals surface area contributed by atoms with Crippen LogP contribution in [0.4, 0.5) is 5.69 Å². The number of rotatable bonds is 1. The van der Waals surface area contributed by atoms with Crippen LogP contribution in [0.1, 0.15) is 33.3 Å². The Kier molecular flexibility index (Phi) is 3.24. The highest BCUT2D eigenvalue weighted by Crippen LogP contribution is 2.51. The van der Waals surface area contributed by atoms with Gasteiger partial charge in [-0.1, -0.05) is 26.0 Å². The van der Waals surface area contributed by atoms with Gasteiger partial charge < -0.3 is 9.64 Å². The van der Waals surface area contributed by atoms with Crippen molar-refractivity contribution >= 4 is 5.69 Å². The molecule has 0 radical (unpaired) electrons. The van der Waals surface area contributed by atoms with Gasteiger partial charge in [0.2, 0.25) is 0 Å². The largest absolute Gasteiger partial charge is 0.469 e. The summed E-state index contributed by atoms with van der Waals surface area (Å²) in [7, 11) is 0. The van der Waals surface area contributed by atoms with Gasteiger partial charge in [0.05, 0.1) is 11.5 Å². The first-order valence-electron chi connectivity index (χ1n) is 7.44. The molecule has 5 heteroatoms. The summed E-state index contributed by atoms with van der Waals surface area (Å²) in [4.78, 5) is 12.8. The van der Waals surface area contributed by atoms with Gasteiger partial charge >= 0.3 is 0 Å².